The highest BCUT2D eigenvalue weighted by atomic mass is 32.2. The first-order valence-electron chi connectivity index (χ1n) is 9.99. The zero-order valence-corrected chi connectivity index (χ0v) is 17.8. The predicted octanol–water partition coefficient (Wildman–Crippen LogP) is 2.56. The molecule has 2 saturated heterocycles. The molecular weight excluding hydrogens is 381 g/mol. The molecule has 0 aliphatic carbocycles. The van der Waals surface area contributed by atoms with Crippen LogP contribution < -0.4 is 5.32 Å². The number of amides is 1. The molecule has 2 aliphatic heterocycles. The van der Waals surface area contributed by atoms with Crippen LogP contribution in [-0.4, -0.2) is 54.4 Å². The molecule has 1 amide bonds. The van der Waals surface area contributed by atoms with Gasteiger partial charge in [-0.1, -0.05) is 20.8 Å². The number of nitrogens with zero attached hydrogens (tertiary/aromatic N) is 2. The molecule has 2 aliphatic rings. The fourth-order valence-electron chi connectivity index (χ4n) is 4.29. The number of nitrogens with one attached hydrogen (secondary N) is 1. The van der Waals surface area contributed by atoms with E-state index in [9.17, 15) is 17.6 Å². The molecule has 0 unspecified atom stereocenters. The minimum absolute atomic E-state index is 0.0870. The summed E-state index contributed by atoms with van der Waals surface area (Å²) in [5.74, 6) is -0.187. The minimum Gasteiger partial charge on any atom is -0.320 e. The fraction of sp³-hybridized carbons (Fsp3) is 0.650. The third kappa shape index (κ3) is 3.57. The Morgan fingerprint density at radius 1 is 1.18 bits per heavy atom. The van der Waals surface area contributed by atoms with E-state index in [1.165, 1.54) is 16.4 Å². The molecule has 6 nitrogen and oxygen atoms in total. The van der Waals surface area contributed by atoms with Crippen molar-refractivity contribution in [2.45, 2.75) is 69.6 Å². The van der Waals surface area contributed by atoms with Crippen molar-refractivity contribution in [1.29, 1.82) is 0 Å². The van der Waals surface area contributed by atoms with E-state index in [0.29, 0.717) is 25.9 Å². The van der Waals surface area contributed by atoms with Crippen LogP contribution in [0.15, 0.2) is 29.2 Å². The van der Waals surface area contributed by atoms with Crippen molar-refractivity contribution in [2.24, 2.45) is 5.92 Å². The quantitative estimate of drug-likeness (QED) is 0.809. The number of hydrogen-bond donors (Lipinski definition) is 1. The van der Waals surface area contributed by atoms with Crippen molar-refractivity contribution in [1.82, 2.24) is 14.5 Å². The van der Waals surface area contributed by atoms with Crippen LogP contribution in [0.1, 0.15) is 47.0 Å². The van der Waals surface area contributed by atoms with Gasteiger partial charge in [0, 0.05) is 19.1 Å². The molecule has 0 bridgehead atoms. The van der Waals surface area contributed by atoms with E-state index < -0.39 is 21.5 Å². The molecule has 8 heteroatoms. The van der Waals surface area contributed by atoms with Gasteiger partial charge in [-0.05, 0) is 56.4 Å². The highest BCUT2D eigenvalue weighted by Crippen LogP contribution is 2.37. The lowest BCUT2D eigenvalue weighted by molar-refractivity contribution is -0.136. The lowest BCUT2D eigenvalue weighted by Crippen LogP contribution is -2.61. The van der Waals surface area contributed by atoms with Crippen molar-refractivity contribution < 1.29 is 17.6 Å². The third-order valence-corrected chi connectivity index (χ3v) is 8.00. The van der Waals surface area contributed by atoms with Crippen LogP contribution in [0.2, 0.25) is 0 Å². The molecule has 2 fully saturated rings. The van der Waals surface area contributed by atoms with Gasteiger partial charge < -0.3 is 4.90 Å². The summed E-state index contributed by atoms with van der Waals surface area (Å²) in [6, 6.07) is 4.76. The second-order valence-electron chi connectivity index (χ2n) is 8.22. The van der Waals surface area contributed by atoms with E-state index in [-0.39, 0.29) is 28.8 Å². The number of hydrogen-bond acceptors (Lipinski definition) is 4. The highest BCUT2D eigenvalue weighted by Gasteiger charge is 2.54. The van der Waals surface area contributed by atoms with Gasteiger partial charge in [0.25, 0.3) is 0 Å². The lowest BCUT2D eigenvalue weighted by atomic mass is 9.95. The van der Waals surface area contributed by atoms with Crippen LogP contribution in [0.5, 0.6) is 0 Å². The molecule has 2 heterocycles. The van der Waals surface area contributed by atoms with Crippen LogP contribution in [0.4, 0.5) is 4.39 Å². The maximum Gasteiger partial charge on any atom is 0.243 e. The topological polar surface area (TPSA) is 69.7 Å². The van der Waals surface area contributed by atoms with E-state index >= 15 is 0 Å². The Kier molecular flexibility index (Phi) is 5.85. The lowest BCUT2D eigenvalue weighted by Gasteiger charge is -2.46. The molecule has 1 spiro atoms. The summed E-state index contributed by atoms with van der Waals surface area (Å²) >= 11 is 0. The Bertz CT molecular complexity index is 818. The maximum atomic E-state index is 13.2. The van der Waals surface area contributed by atoms with E-state index in [0.717, 1.165) is 18.6 Å². The normalized spacial score (nSPS) is 24.3. The number of benzene rings is 1. The van der Waals surface area contributed by atoms with Gasteiger partial charge in [-0.25, -0.2) is 12.8 Å². The van der Waals surface area contributed by atoms with Gasteiger partial charge in [-0.3, -0.25) is 10.1 Å². The summed E-state index contributed by atoms with van der Waals surface area (Å²) in [6.45, 7) is 8.79. The summed E-state index contributed by atoms with van der Waals surface area (Å²) in [5, 5.41) is 3.55. The van der Waals surface area contributed by atoms with Gasteiger partial charge >= 0.3 is 0 Å². The Hall–Kier alpha value is -1.51. The SMILES string of the molecule is CC[C@@H](C)N1C(=O)[C@@H](C(C)C)NC12CCN(S(=O)(=O)c1ccc(F)cc1)CC2. The van der Waals surface area contributed by atoms with Crippen LogP contribution >= 0.6 is 0 Å². The molecule has 0 radical (unpaired) electrons. The van der Waals surface area contributed by atoms with Gasteiger partial charge in [-0.2, -0.15) is 4.31 Å². The Morgan fingerprint density at radius 2 is 1.75 bits per heavy atom. The average Bonchev–Trinajstić information content (AvgIpc) is 2.94. The fourth-order valence-corrected chi connectivity index (χ4v) is 5.73. The van der Waals surface area contributed by atoms with Gasteiger partial charge in [-0.15, -0.1) is 0 Å². The van der Waals surface area contributed by atoms with E-state index in [4.69, 9.17) is 0 Å². The molecule has 2 atom stereocenters. The van der Waals surface area contributed by atoms with Crippen LogP contribution in [0.25, 0.3) is 0 Å². The molecule has 0 saturated carbocycles. The largest absolute Gasteiger partial charge is 0.320 e. The predicted molar refractivity (Wildman–Crippen MR) is 105 cm³/mol. The van der Waals surface area contributed by atoms with Gasteiger partial charge in [0.15, 0.2) is 0 Å². The van der Waals surface area contributed by atoms with Crippen LogP contribution in [0, 0.1) is 11.7 Å². The van der Waals surface area contributed by atoms with Crippen LogP contribution in [0.3, 0.4) is 0 Å². The van der Waals surface area contributed by atoms with Crippen molar-refractivity contribution >= 4 is 15.9 Å². The molecular formula is C20H30FN3O3S. The Labute approximate surface area is 167 Å². The summed E-state index contributed by atoms with van der Waals surface area (Å²) < 4.78 is 40.4. The standard InChI is InChI=1S/C20H30FN3O3S/c1-5-15(4)24-19(25)18(14(2)3)22-20(24)10-12-23(13-11-20)28(26,27)17-8-6-16(21)7-9-17/h6-9,14-15,18,22H,5,10-13H2,1-4H3/t15-,18-/m1/s1. The zero-order chi connectivity index (χ0) is 20.7. The second-order valence-corrected chi connectivity index (χ2v) is 10.2. The summed E-state index contributed by atoms with van der Waals surface area (Å²) in [7, 11) is -3.68. The second kappa shape index (κ2) is 7.72. The Balaban J connectivity index is 1.82. The van der Waals surface area contributed by atoms with Crippen molar-refractivity contribution in [3.63, 3.8) is 0 Å². The van der Waals surface area contributed by atoms with Crippen molar-refractivity contribution in [3.8, 4) is 0 Å². The smallest absolute Gasteiger partial charge is 0.243 e. The van der Waals surface area contributed by atoms with E-state index in [1.54, 1.807) is 0 Å². The number of halogens is 1. The summed E-state index contributed by atoms with van der Waals surface area (Å²) in [4.78, 5) is 15.1. The van der Waals surface area contributed by atoms with Gasteiger partial charge in [0.2, 0.25) is 15.9 Å². The summed E-state index contributed by atoms with van der Waals surface area (Å²) in [6.07, 6.45) is 1.91. The van der Waals surface area contributed by atoms with E-state index in [2.05, 4.69) is 12.2 Å². The van der Waals surface area contributed by atoms with Crippen LogP contribution in [-0.2, 0) is 14.8 Å². The van der Waals surface area contributed by atoms with Gasteiger partial charge in [0.05, 0.1) is 16.6 Å². The molecule has 1 aromatic rings. The van der Waals surface area contributed by atoms with E-state index in [1.807, 2.05) is 25.7 Å². The number of rotatable bonds is 5. The molecule has 1 N–H and O–H groups in total. The number of carbonyl (C=O) groups is 1. The molecule has 28 heavy (non-hydrogen) atoms. The third-order valence-electron chi connectivity index (χ3n) is 6.09. The van der Waals surface area contributed by atoms with Gasteiger partial charge in [0.1, 0.15) is 5.82 Å². The number of sulfonamides is 1. The summed E-state index contributed by atoms with van der Waals surface area (Å²) in [5.41, 5.74) is -0.504. The van der Waals surface area contributed by atoms with Crippen molar-refractivity contribution in [3.05, 3.63) is 30.1 Å². The zero-order valence-electron chi connectivity index (χ0n) is 17.0. The number of carbonyl (C=O) groups excluding carboxylic acids is 1. The maximum absolute atomic E-state index is 13.2. The molecule has 0 aromatic heterocycles. The Morgan fingerprint density at radius 3 is 2.25 bits per heavy atom. The highest BCUT2D eigenvalue weighted by molar-refractivity contribution is 7.89. The first-order valence-corrected chi connectivity index (χ1v) is 11.4. The average molecular weight is 412 g/mol. The van der Waals surface area contributed by atoms with Crippen molar-refractivity contribution in [2.75, 3.05) is 13.1 Å². The first kappa shape index (κ1) is 21.2. The molecule has 156 valence electrons. The minimum atomic E-state index is -3.68. The molecule has 3 rings (SSSR count). The monoisotopic (exact) mass is 411 g/mol. The molecule has 1 aromatic carbocycles. The number of piperidine rings is 1. The first-order chi connectivity index (χ1) is 13.1.